The van der Waals surface area contributed by atoms with E-state index in [2.05, 4.69) is 40.4 Å². The van der Waals surface area contributed by atoms with Crippen LogP contribution in [0.1, 0.15) is 11.1 Å². The zero-order chi connectivity index (χ0) is 42.4. The predicted octanol–water partition coefficient (Wildman–Crippen LogP) is 8.23. The average molecular weight is 833 g/mol. The predicted molar refractivity (Wildman–Crippen MR) is 236 cm³/mol. The zero-order valence-electron chi connectivity index (χ0n) is 34.1. The first-order chi connectivity index (χ1) is 30.4. The van der Waals surface area contributed by atoms with Crippen LogP contribution >= 0.6 is 0 Å². The summed E-state index contributed by atoms with van der Waals surface area (Å²) in [6, 6.07) is 24.2. The summed E-state index contributed by atoms with van der Waals surface area (Å²) >= 11 is 0. The van der Waals surface area contributed by atoms with Gasteiger partial charge >= 0.3 is 0 Å². The van der Waals surface area contributed by atoms with Gasteiger partial charge in [0.2, 0.25) is 11.9 Å². The van der Waals surface area contributed by atoms with Crippen LogP contribution < -0.4 is 20.4 Å². The second-order valence-electron chi connectivity index (χ2n) is 14.6. The van der Waals surface area contributed by atoms with Crippen LogP contribution in [-0.4, -0.2) is 92.5 Å². The maximum Gasteiger partial charge on any atom is 0.229 e. The quantitative estimate of drug-likeness (QED) is 0.151. The third kappa shape index (κ3) is 8.77. The molecule has 2 N–H and O–H groups in total. The molecule has 0 bridgehead atoms. The molecule has 0 spiro atoms. The lowest BCUT2D eigenvalue weighted by Crippen LogP contribution is -2.36. The second kappa shape index (κ2) is 18.1. The van der Waals surface area contributed by atoms with E-state index in [1.54, 1.807) is 36.9 Å². The number of aromatic nitrogens is 8. The zero-order valence-corrected chi connectivity index (χ0v) is 34.1. The number of fused-ring (bicyclic) bond motifs is 2. The van der Waals surface area contributed by atoms with Gasteiger partial charge in [0.1, 0.15) is 23.3 Å². The summed E-state index contributed by atoms with van der Waals surface area (Å²) in [6.45, 7) is 9.81. The molecule has 0 atom stereocenters. The van der Waals surface area contributed by atoms with Crippen molar-refractivity contribution >= 4 is 56.7 Å². The summed E-state index contributed by atoms with van der Waals surface area (Å²) in [4.78, 5) is 40.8. The normalized spacial score (nSPS) is 14.1. The summed E-state index contributed by atoms with van der Waals surface area (Å²) in [5.74, 6) is 1.94. The van der Waals surface area contributed by atoms with Crippen LogP contribution in [-0.2, 0) is 9.47 Å². The van der Waals surface area contributed by atoms with Crippen molar-refractivity contribution in [2.45, 2.75) is 13.8 Å². The van der Waals surface area contributed by atoms with Gasteiger partial charge in [-0.25, -0.2) is 28.7 Å². The van der Waals surface area contributed by atoms with Crippen molar-refractivity contribution in [3.8, 4) is 22.8 Å². The first-order valence-corrected chi connectivity index (χ1v) is 20.3. The van der Waals surface area contributed by atoms with Gasteiger partial charge in [0, 0.05) is 85.0 Å². The van der Waals surface area contributed by atoms with Crippen molar-refractivity contribution < 1.29 is 18.3 Å². The van der Waals surface area contributed by atoms with Gasteiger partial charge in [-0.2, -0.15) is 9.97 Å². The van der Waals surface area contributed by atoms with E-state index in [0.29, 0.717) is 60.7 Å². The van der Waals surface area contributed by atoms with Gasteiger partial charge in [-0.05, 0) is 74.5 Å². The lowest BCUT2D eigenvalue weighted by atomic mass is 10.0. The fourth-order valence-corrected chi connectivity index (χ4v) is 7.47. The fourth-order valence-electron chi connectivity index (χ4n) is 7.47. The molecule has 62 heavy (non-hydrogen) atoms. The van der Waals surface area contributed by atoms with Gasteiger partial charge in [0.15, 0.2) is 0 Å². The molecule has 0 radical (unpaired) electrons. The molecule has 2 fully saturated rings. The van der Waals surface area contributed by atoms with Crippen LogP contribution in [0.2, 0.25) is 0 Å². The SMILES string of the molecule is Cc1c(-c2ccccn2)nc2cc(F)ccc2c1Nc1nccc(N2CCOCC2)n1.Cc1c(-c2ccccn2)nc2cc(F)ccc2c1Nc1nccc(N2CCOCC2)n1. The molecule has 2 aliphatic rings. The van der Waals surface area contributed by atoms with Gasteiger partial charge in [0.25, 0.3) is 0 Å². The van der Waals surface area contributed by atoms with Crippen molar-refractivity contribution in [2.24, 2.45) is 0 Å². The summed E-state index contributed by atoms with van der Waals surface area (Å²) in [5, 5.41) is 8.29. The molecule has 8 heterocycles. The minimum atomic E-state index is -0.340. The smallest absolute Gasteiger partial charge is 0.229 e. The fraction of sp³-hybridized carbons (Fsp3) is 0.217. The Morgan fingerprint density at radius 3 is 1.34 bits per heavy atom. The van der Waals surface area contributed by atoms with Crippen LogP contribution in [0.5, 0.6) is 0 Å². The van der Waals surface area contributed by atoms with E-state index >= 15 is 0 Å². The van der Waals surface area contributed by atoms with Crippen LogP contribution in [0.15, 0.2) is 110 Å². The topological polar surface area (TPSA) is 152 Å². The van der Waals surface area contributed by atoms with E-state index in [4.69, 9.17) is 29.4 Å². The number of halogens is 2. The highest BCUT2D eigenvalue weighted by Gasteiger charge is 2.20. The highest BCUT2D eigenvalue weighted by Crippen LogP contribution is 2.36. The van der Waals surface area contributed by atoms with Crippen LogP contribution in [0.25, 0.3) is 44.6 Å². The number of morpholine rings is 2. The Morgan fingerprint density at radius 1 is 0.500 bits per heavy atom. The number of benzene rings is 2. The number of hydrogen-bond acceptors (Lipinski definition) is 14. The highest BCUT2D eigenvalue weighted by atomic mass is 19.1. The van der Waals surface area contributed by atoms with E-state index in [1.807, 2.05) is 62.4 Å². The Kier molecular flexibility index (Phi) is 11.7. The maximum absolute atomic E-state index is 14.0. The Morgan fingerprint density at radius 2 is 0.935 bits per heavy atom. The molecule has 2 aromatic carbocycles. The Labute approximate surface area is 356 Å². The first kappa shape index (κ1) is 40.1. The molecule has 0 aliphatic carbocycles. The molecular weight excluding hydrogens is 791 g/mol. The Bertz CT molecular complexity index is 2650. The van der Waals surface area contributed by atoms with E-state index in [1.165, 1.54) is 24.3 Å². The number of anilines is 6. The number of rotatable bonds is 8. The third-order valence-electron chi connectivity index (χ3n) is 10.6. The van der Waals surface area contributed by atoms with Gasteiger partial charge in [-0.1, -0.05) is 12.1 Å². The largest absolute Gasteiger partial charge is 0.378 e. The minimum absolute atomic E-state index is 0.340. The van der Waals surface area contributed by atoms with E-state index in [9.17, 15) is 8.78 Å². The molecule has 8 aromatic rings. The number of nitrogens with one attached hydrogen (secondary N) is 2. The number of pyridine rings is 4. The van der Waals surface area contributed by atoms with Crippen molar-refractivity contribution in [2.75, 3.05) is 73.0 Å². The van der Waals surface area contributed by atoms with Gasteiger partial charge < -0.3 is 29.9 Å². The lowest BCUT2D eigenvalue weighted by Gasteiger charge is -2.27. The monoisotopic (exact) mass is 832 g/mol. The Balaban J connectivity index is 0.000000158. The summed E-state index contributed by atoms with van der Waals surface area (Å²) in [6.07, 6.45) is 6.90. The summed E-state index contributed by atoms with van der Waals surface area (Å²) in [7, 11) is 0. The van der Waals surface area contributed by atoms with Gasteiger partial charge in [-0.15, -0.1) is 0 Å². The molecule has 10 rings (SSSR count). The molecule has 312 valence electrons. The number of hydrogen-bond donors (Lipinski definition) is 2. The molecule has 14 nitrogen and oxygen atoms in total. The van der Waals surface area contributed by atoms with Crippen molar-refractivity contribution in [1.82, 2.24) is 39.9 Å². The van der Waals surface area contributed by atoms with E-state index in [0.717, 1.165) is 82.5 Å². The van der Waals surface area contributed by atoms with Crippen molar-refractivity contribution in [3.05, 3.63) is 132 Å². The molecule has 0 amide bonds. The number of nitrogens with zero attached hydrogens (tertiary/aromatic N) is 10. The summed E-state index contributed by atoms with van der Waals surface area (Å²) < 4.78 is 38.8. The van der Waals surface area contributed by atoms with E-state index in [-0.39, 0.29) is 11.6 Å². The summed E-state index contributed by atoms with van der Waals surface area (Å²) in [5.41, 5.74) is 7.23. The highest BCUT2D eigenvalue weighted by molar-refractivity contribution is 5.98. The third-order valence-corrected chi connectivity index (χ3v) is 10.6. The molecule has 0 saturated carbocycles. The first-order valence-electron chi connectivity index (χ1n) is 20.3. The van der Waals surface area contributed by atoms with Gasteiger partial charge in [-0.3, -0.25) is 9.97 Å². The number of ether oxygens (including phenoxy) is 2. The van der Waals surface area contributed by atoms with Crippen molar-refractivity contribution in [1.29, 1.82) is 0 Å². The second-order valence-corrected chi connectivity index (χ2v) is 14.6. The standard InChI is InChI=1S/2C23H21FN6O/c2*1-15-21(29-23-26-9-7-20(28-23)30-10-12-31-13-11-30)17-6-5-16(24)14-19(17)27-22(15)18-4-2-3-8-25-18/h2*2-9,14H,10-13H2,1H3,(H,26,27,28,29). The molecule has 2 aliphatic heterocycles. The van der Waals surface area contributed by atoms with Crippen molar-refractivity contribution in [3.63, 3.8) is 0 Å². The Hall–Kier alpha value is -7.30. The maximum atomic E-state index is 14.0. The van der Waals surface area contributed by atoms with Crippen LogP contribution in [0, 0.1) is 25.5 Å². The van der Waals surface area contributed by atoms with Gasteiger partial charge in [0.05, 0.1) is 71.6 Å². The molecule has 2 saturated heterocycles. The lowest BCUT2D eigenvalue weighted by molar-refractivity contribution is 0.122. The molecule has 6 aromatic heterocycles. The minimum Gasteiger partial charge on any atom is -0.378 e. The van der Waals surface area contributed by atoms with Crippen LogP contribution in [0.4, 0.5) is 43.7 Å². The average Bonchev–Trinajstić information content (AvgIpc) is 3.32. The van der Waals surface area contributed by atoms with Crippen LogP contribution in [0.3, 0.4) is 0 Å². The molecule has 0 unspecified atom stereocenters. The van der Waals surface area contributed by atoms with E-state index < -0.39 is 0 Å². The molecule has 16 heteroatoms. The molecular formula is C46H42F2N12O2.